The zero-order valence-electron chi connectivity index (χ0n) is 13.3. The molecule has 8 heteroatoms. The van der Waals surface area contributed by atoms with Gasteiger partial charge < -0.3 is 9.64 Å². The molecule has 3 nitrogen and oxygen atoms in total. The summed E-state index contributed by atoms with van der Waals surface area (Å²) in [4.78, 5) is 13.6. The number of allylic oxidation sites excluding steroid dienone is 3. The minimum Gasteiger partial charge on any atom is -0.466 e. The van der Waals surface area contributed by atoms with Crippen molar-refractivity contribution in [3.05, 3.63) is 57.7 Å². The Kier molecular flexibility index (Phi) is 4.68. The zero-order chi connectivity index (χ0) is 18.3. The summed E-state index contributed by atoms with van der Waals surface area (Å²) >= 11 is 0. The van der Waals surface area contributed by atoms with Crippen molar-refractivity contribution >= 4 is 5.97 Å². The summed E-state index contributed by atoms with van der Waals surface area (Å²) in [5.41, 5.74) is -0.516. The van der Waals surface area contributed by atoms with Gasteiger partial charge in [-0.2, -0.15) is 0 Å². The monoisotopic (exact) mass is 347 g/mol. The molecule has 1 aliphatic heterocycles. The Hall–Kier alpha value is -2.38. The van der Waals surface area contributed by atoms with E-state index in [1.165, 1.54) is 13.0 Å². The summed E-state index contributed by atoms with van der Waals surface area (Å²) in [6.45, 7) is 3.07. The van der Waals surface area contributed by atoms with E-state index in [9.17, 15) is 26.7 Å². The lowest BCUT2D eigenvalue weighted by molar-refractivity contribution is -0.136. The summed E-state index contributed by atoms with van der Waals surface area (Å²) in [5, 5.41) is 0. The van der Waals surface area contributed by atoms with Crippen molar-refractivity contribution in [2.45, 2.75) is 19.8 Å². The maximum Gasteiger partial charge on any atom is 0.336 e. The van der Waals surface area contributed by atoms with E-state index in [-0.39, 0.29) is 11.3 Å². The van der Waals surface area contributed by atoms with E-state index in [0.29, 0.717) is 5.70 Å². The van der Waals surface area contributed by atoms with Crippen molar-refractivity contribution < 1.29 is 31.5 Å². The topological polar surface area (TPSA) is 29.5 Å². The van der Waals surface area contributed by atoms with Gasteiger partial charge in [-0.25, -0.2) is 26.7 Å². The fourth-order valence-corrected chi connectivity index (χ4v) is 2.61. The first-order chi connectivity index (χ1) is 11.1. The van der Waals surface area contributed by atoms with Crippen LogP contribution in [0.25, 0.3) is 0 Å². The Bertz CT molecular complexity index is 756. The van der Waals surface area contributed by atoms with Crippen LogP contribution < -0.4 is 0 Å². The Morgan fingerprint density at radius 3 is 1.92 bits per heavy atom. The Morgan fingerprint density at radius 2 is 1.46 bits per heavy atom. The summed E-state index contributed by atoms with van der Waals surface area (Å²) in [6.07, 6.45) is 1.25. The number of esters is 1. The molecular formula is C16H14F5NO2. The van der Waals surface area contributed by atoms with Gasteiger partial charge in [-0.3, -0.25) is 0 Å². The Morgan fingerprint density at radius 1 is 1.00 bits per heavy atom. The molecule has 0 aliphatic carbocycles. The second kappa shape index (κ2) is 6.26. The minimum absolute atomic E-state index is 0.200. The van der Waals surface area contributed by atoms with Crippen LogP contribution in [0, 0.1) is 29.1 Å². The van der Waals surface area contributed by atoms with Gasteiger partial charge in [0.2, 0.25) is 5.82 Å². The van der Waals surface area contributed by atoms with E-state index in [1.54, 1.807) is 18.9 Å². The molecule has 0 saturated heterocycles. The number of nitrogens with zero attached hydrogens (tertiary/aromatic N) is 1. The van der Waals surface area contributed by atoms with E-state index >= 15 is 0 Å². The van der Waals surface area contributed by atoms with Gasteiger partial charge in [0.15, 0.2) is 23.3 Å². The first-order valence-corrected chi connectivity index (χ1v) is 6.86. The number of halogens is 5. The largest absolute Gasteiger partial charge is 0.466 e. The van der Waals surface area contributed by atoms with Gasteiger partial charge >= 0.3 is 5.97 Å². The molecular weight excluding hydrogens is 333 g/mol. The molecule has 1 aromatic rings. The van der Waals surface area contributed by atoms with Crippen molar-refractivity contribution in [3.63, 3.8) is 0 Å². The quantitative estimate of drug-likeness (QED) is 0.353. The second-order valence-electron chi connectivity index (χ2n) is 5.32. The smallest absolute Gasteiger partial charge is 0.336 e. The normalized spacial score (nSPS) is 18.0. The Balaban J connectivity index is 2.81. The van der Waals surface area contributed by atoms with E-state index in [1.807, 2.05) is 0 Å². The van der Waals surface area contributed by atoms with Gasteiger partial charge in [-0.15, -0.1) is 0 Å². The average Bonchev–Trinajstić information content (AvgIpc) is 2.56. The van der Waals surface area contributed by atoms with E-state index in [2.05, 4.69) is 4.74 Å². The summed E-state index contributed by atoms with van der Waals surface area (Å²) in [5.74, 6) is -12.7. The van der Waals surface area contributed by atoms with Crippen molar-refractivity contribution in [2.75, 3.05) is 14.2 Å². The highest BCUT2D eigenvalue weighted by Gasteiger charge is 2.37. The lowest BCUT2D eigenvalue weighted by Crippen LogP contribution is -2.28. The highest BCUT2D eigenvalue weighted by molar-refractivity contribution is 5.92. The molecule has 0 amide bonds. The highest BCUT2D eigenvalue weighted by Crippen LogP contribution is 2.40. The fourth-order valence-electron chi connectivity index (χ4n) is 2.61. The molecule has 1 aliphatic rings. The van der Waals surface area contributed by atoms with Gasteiger partial charge in [0.1, 0.15) is 0 Å². The Labute approximate surface area is 135 Å². The lowest BCUT2D eigenvalue weighted by atomic mass is 9.85. The van der Waals surface area contributed by atoms with E-state index in [0.717, 1.165) is 7.11 Å². The minimum atomic E-state index is -2.25. The van der Waals surface area contributed by atoms with Gasteiger partial charge in [0, 0.05) is 29.9 Å². The molecule has 24 heavy (non-hydrogen) atoms. The van der Waals surface area contributed by atoms with Crippen LogP contribution in [0.2, 0.25) is 0 Å². The third kappa shape index (κ3) is 2.55. The number of hydrogen-bond acceptors (Lipinski definition) is 3. The average molecular weight is 347 g/mol. The molecule has 130 valence electrons. The first kappa shape index (κ1) is 18.0. The zero-order valence-corrected chi connectivity index (χ0v) is 13.3. The predicted molar refractivity (Wildman–Crippen MR) is 75.2 cm³/mol. The van der Waals surface area contributed by atoms with E-state index in [4.69, 9.17) is 0 Å². The number of carbonyl (C=O) groups is 1. The van der Waals surface area contributed by atoms with Crippen LogP contribution >= 0.6 is 0 Å². The van der Waals surface area contributed by atoms with Crippen LogP contribution in [0.1, 0.15) is 25.3 Å². The molecule has 0 radical (unpaired) electrons. The van der Waals surface area contributed by atoms with Gasteiger partial charge in [0.25, 0.3) is 0 Å². The van der Waals surface area contributed by atoms with Crippen molar-refractivity contribution in [1.29, 1.82) is 0 Å². The van der Waals surface area contributed by atoms with Crippen LogP contribution in [0.3, 0.4) is 0 Å². The summed E-state index contributed by atoms with van der Waals surface area (Å²) < 4.78 is 73.2. The van der Waals surface area contributed by atoms with Crippen LogP contribution in [-0.2, 0) is 9.53 Å². The second-order valence-corrected chi connectivity index (χ2v) is 5.32. The van der Waals surface area contributed by atoms with Gasteiger partial charge in [-0.05, 0) is 13.8 Å². The van der Waals surface area contributed by atoms with Crippen LogP contribution in [0.4, 0.5) is 22.0 Å². The molecule has 0 aromatic heterocycles. The van der Waals surface area contributed by atoms with E-state index < -0.39 is 46.5 Å². The summed E-state index contributed by atoms with van der Waals surface area (Å²) in [7, 11) is 2.66. The van der Waals surface area contributed by atoms with Gasteiger partial charge in [-0.1, -0.05) is 6.08 Å². The molecule has 0 spiro atoms. The van der Waals surface area contributed by atoms with Crippen molar-refractivity contribution in [1.82, 2.24) is 4.90 Å². The predicted octanol–water partition coefficient (Wildman–Crippen LogP) is 3.76. The maximum absolute atomic E-state index is 14.1. The van der Waals surface area contributed by atoms with Crippen LogP contribution in [0.5, 0.6) is 0 Å². The molecule has 1 atom stereocenters. The molecule has 0 saturated carbocycles. The standard InChI is InChI=1S/C16H14F5NO2/c1-6-5-8(9(16(23)24-4)7(2)22(6)3)10-11(17)13(19)15(21)14(20)12(10)18/h5,8H,1-4H3. The third-order valence-corrected chi connectivity index (χ3v) is 4.10. The van der Waals surface area contributed by atoms with Crippen molar-refractivity contribution in [2.24, 2.45) is 0 Å². The first-order valence-electron chi connectivity index (χ1n) is 6.86. The number of hydrogen-bond donors (Lipinski definition) is 0. The van der Waals surface area contributed by atoms with Crippen LogP contribution in [-0.4, -0.2) is 25.0 Å². The van der Waals surface area contributed by atoms with Crippen molar-refractivity contribution in [3.8, 4) is 0 Å². The number of methoxy groups -OCH3 is 1. The number of benzene rings is 1. The molecule has 1 aromatic carbocycles. The van der Waals surface area contributed by atoms with Crippen LogP contribution in [0.15, 0.2) is 23.0 Å². The fraction of sp³-hybridized carbons (Fsp3) is 0.312. The van der Waals surface area contributed by atoms with Gasteiger partial charge in [0.05, 0.1) is 12.7 Å². The summed E-state index contributed by atoms with van der Waals surface area (Å²) in [6, 6.07) is 0. The molecule has 1 heterocycles. The molecule has 2 rings (SSSR count). The molecule has 0 bridgehead atoms. The third-order valence-electron chi connectivity index (χ3n) is 4.10. The molecule has 0 N–H and O–H groups in total. The molecule has 0 fully saturated rings. The SMILES string of the molecule is COC(=O)C1=C(C)N(C)C(C)=CC1c1c(F)c(F)c(F)c(F)c1F. The maximum atomic E-state index is 14.1. The molecule has 1 unspecified atom stereocenters. The lowest BCUT2D eigenvalue weighted by Gasteiger charge is -2.32. The number of rotatable bonds is 2. The highest BCUT2D eigenvalue weighted by atomic mass is 19.2. The number of ether oxygens (including phenoxy) is 1. The number of carbonyl (C=O) groups excluding carboxylic acids is 1.